The van der Waals surface area contributed by atoms with Crippen molar-refractivity contribution in [2.75, 3.05) is 25.0 Å². The second-order valence-corrected chi connectivity index (χ2v) is 9.92. The van der Waals surface area contributed by atoms with E-state index in [0.717, 1.165) is 53.6 Å². The van der Waals surface area contributed by atoms with Gasteiger partial charge in [-0.2, -0.15) is 0 Å². The topological polar surface area (TPSA) is 78.9 Å². The first-order valence-electron chi connectivity index (χ1n) is 12.4. The van der Waals surface area contributed by atoms with Crippen molar-refractivity contribution in [1.82, 2.24) is 20.6 Å². The molecule has 0 unspecified atom stereocenters. The van der Waals surface area contributed by atoms with Crippen molar-refractivity contribution in [2.45, 2.75) is 39.7 Å². The summed E-state index contributed by atoms with van der Waals surface area (Å²) in [4.78, 5) is 23.0. The summed E-state index contributed by atoms with van der Waals surface area (Å²) < 4.78 is 1.17. The van der Waals surface area contributed by atoms with Gasteiger partial charge in [0.1, 0.15) is 10.0 Å². The van der Waals surface area contributed by atoms with Gasteiger partial charge in [-0.25, -0.2) is 4.98 Å². The minimum absolute atomic E-state index is 0.0350. The molecular weight excluding hydrogens is 486 g/mol. The van der Waals surface area contributed by atoms with E-state index in [9.17, 15) is 4.79 Å². The van der Waals surface area contributed by atoms with Crippen LogP contribution in [0.15, 0.2) is 61.9 Å². The van der Waals surface area contributed by atoms with E-state index in [1.165, 1.54) is 20.7 Å². The number of amides is 1. The molecule has 0 atom stereocenters. The van der Waals surface area contributed by atoms with Crippen LogP contribution in [0.5, 0.6) is 0 Å². The summed E-state index contributed by atoms with van der Waals surface area (Å²) >= 11 is 3.38. The molecule has 4 aromatic rings. The number of anilines is 1. The number of pyridine rings is 1. The highest BCUT2D eigenvalue weighted by Gasteiger charge is 2.25. The molecule has 0 aliphatic carbocycles. The largest absolute Gasteiger partial charge is 0.317 e. The fourth-order valence-electron chi connectivity index (χ4n) is 3.92. The maximum atomic E-state index is 12.7. The normalized spacial score (nSPS) is 12.1. The second-order valence-electron chi connectivity index (χ2n) is 7.78. The maximum absolute atomic E-state index is 12.7. The van der Waals surface area contributed by atoms with Crippen molar-refractivity contribution in [1.29, 1.82) is 0 Å². The zero-order chi connectivity index (χ0) is 25.8. The number of benzene rings is 1. The van der Waals surface area contributed by atoms with Gasteiger partial charge in [0, 0.05) is 42.3 Å². The molecule has 8 heteroatoms. The molecule has 3 N–H and O–H groups in total. The Morgan fingerprint density at radius 3 is 2.72 bits per heavy atom. The van der Waals surface area contributed by atoms with Crippen LogP contribution in [-0.2, 0) is 24.2 Å². The van der Waals surface area contributed by atoms with Crippen LogP contribution in [0.2, 0.25) is 0 Å². The van der Waals surface area contributed by atoms with Crippen LogP contribution in [0, 0.1) is 0 Å². The molecule has 4 heterocycles. The van der Waals surface area contributed by atoms with Crippen LogP contribution >= 0.6 is 22.7 Å². The Labute approximate surface area is 221 Å². The number of rotatable bonds is 8. The lowest BCUT2D eigenvalue weighted by Gasteiger charge is -2.13. The van der Waals surface area contributed by atoms with Gasteiger partial charge in [-0.3, -0.25) is 9.78 Å². The highest BCUT2D eigenvalue weighted by atomic mass is 32.1. The van der Waals surface area contributed by atoms with Crippen LogP contribution in [0.1, 0.15) is 36.3 Å². The molecule has 1 amide bonds. The molecule has 5 rings (SSSR count). The summed E-state index contributed by atoms with van der Waals surface area (Å²) in [6.45, 7) is 13.3. The number of carbonyl (C=O) groups excluding carboxylic acids is 1. The number of fused-ring (bicyclic) bond motifs is 2. The number of hydrogen-bond acceptors (Lipinski definition) is 7. The van der Waals surface area contributed by atoms with Crippen molar-refractivity contribution in [3.8, 4) is 10.6 Å². The fraction of sp³-hybridized carbons (Fsp3) is 0.321. The summed E-state index contributed by atoms with van der Waals surface area (Å²) in [6, 6.07) is 12.2. The standard InChI is InChI=1S/C24H25N5OS2.C2H6.C2H4/c30-21(9-13-25-11-7-16-4-3-10-26-14-16)29-24-22(17-8-12-27-15-20(17)32-24)23-28-18-5-1-2-6-19(18)31-23;2*1-2/h1-6,10,14,25,27H,7-9,11-13,15H2,(H,29,30);1-2H3;1-2H2. The first-order valence-corrected chi connectivity index (χ1v) is 14.0. The van der Waals surface area contributed by atoms with Gasteiger partial charge in [0.15, 0.2) is 0 Å². The predicted molar refractivity (Wildman–Crippen MR) is 155 cm³/mol. The smallest absolute Gasteiger partial charge is 0.226 e. The van der Waals surface area contributed by atoms with Crippen LogP contribution in [0.3, 0.4) is 0 Å². The van der Waals surface area contributed by atoms with Gasteiger partial charge in [-0.1, -0.05) is 32.0 Å². The van der Waals surface area contributed by atoms with Crippen LogP contribution < -0.4 is 16.0 Å². The van der Waals surface area contributed by atoms with Crippen molar-refractivity contribution < 1.29 is 4.79 Å². The predicted octanol–water partition coefficient (Wildman–Crippen LogP) is 6.05. The van der Waals surface area contributed by atoms with Crippen LogP contribution in [-0.4, -0.2) is 35.5 Å². The molecule has 0 radical (unpaired) electrons. The van der Waals surface area contributed by atoms with Gasteiger partial charge in [0.05, 0.1) is 10.2 Å². The van der Waals surface area contributed by atoms with E-state index >= 15 is 0 Å². The quantitative estimate of drug-likeness (QED) is 0.194. The van der Waals surface area contributed by atoms with E-state index in [1.54, 1.807) is 28.9 Å². The lowest BCUT2D eigenvalue weighted by Crippen LogP contribution is -2.23. The lowest BCUT2D eigenvalue weighted by molar-refractivity contribution is -0.116. The first-order chi connectivity index (χ1) is 17.8. The molecule has 6 nitrogen and oxygen atoms in total. The summed E-state index contributed by atoms with van der Waals surface area (Å²) in [5.41, 5.74) is 4.66. The van der Waals surface area contributed by atoms with E-state index in [-0.39, 0.29) is 5.91 Å². The van der Waals surface area contributed by atoms with E-state index in [2.05, 4.69) is 46.2 Å². The molecule has 1 aliphatic heterocycles. The SMILES string of the molecule is C=C.CC.O=C(CCNCCc1cccnc1)Nc1sc2c(c1-c1nc3ccccc3s1)CCNC2. The summed E-state index contributed by atoms with van der Waals surface area (Å²) in [6.07, 6.45) is 5.96. The third-order valence-electron chi connectivity index (χ3n) is 5.53. The third-order valence-corrected chi connectivity index (χ3v) is 7.73. The molecule has 1 aliphatic rings. The molecule has 36 heavy (non-hydrogen) atoms. The van der Waals surface area contributed by atoms with Gasteiger partial charge in [-0.15, -0.1) is 35.8 Å². The van der Waals surface area contributed by atoms with E-state index in [1.807, 2.05) is 44.3 Å². The number of nitrogens with zero attached hydrogens (tertiary/aromatic N) is 2. The van der Waals surface area contributed by atoms with Gasteiger partial charge >= 0.3 is 0 Å². The Bertz CT molecular complexity index is 1200. The monoisotopic (exact) mass is 521 g/mol. The molecular formula is C28H35N5OS2. The average Bonchev–Trinajstić information content (AvgIpc) is 3.52. The van der Waals surface area contributed by atoms with E-state index in [4.69, 9.17) is 4.98 Å². The Morgan fingerprint density at radius 2 is 1.94 bits per heavy atom. The minimum Gasteiger partial charge on any atom is -0.317 e. The Balaban J connectivity index is 0.000000861. The van der Waals surface area contributed by atoms with Gasteiger partial charge in [0.25, 0.3) is 0 Å². The maximum Gasteiger partial charge on any atom is 0.226 e. The number of para-hydroxylation sites is 1. The summed E-state index contributed by atoms with van der Waals surface area (Å²) in [7, 11) is 0. The Kier molecular flexibility index (Phi) is 11.2. The number of hydrogen-bond donors (Lipinski definition) is 3. The van der Waals surface area contributed by atoms with Gasteiger partial charge in [0.2, 0.25) is 5.91 Å². The lowest BCUT2D eigenvalue weighted by atomic mass is 10.0. The van der Waals surface area contributed by atoms with Crippen molar-refractivity contribution in [2.24, 2.45) is 0 Å². The molecule has 190 valence electrons. The molecule has 0 saturated carbocycles. The third kappa shape index (κ3) is 7.07. The number of nitrogens with one attached hydrogen (secondary N) is 3. The van der Waals surface area contributed by atoms with Crippen molar-refractivity contribution >= 4 is 43.8 Å². The number of carbonyl (C=O) groups is 1. The fourth-order valence-corrected chi connectivity index (χ4v) is 6.27. The highest BCUT2D eigenvalue weighted by molar-refractivity contribution is 7.22. The number of thiazole rings is 1. The van der Waals surface area contributed by atoms with Crippen LogP contribution in [0.4, 0.5) is 5.00 Å². The Hall–Kier alpha value is -2.91. The zero-order valence-electron chi connectivity index (χ0n) is 21.1. The molecule has 0 saturated heterocycles. The van der Waals surface area contributed by atoms with E-state index in [0.29, 0.717) is 13.0 Å². The molecule has 0 fully saturated rings. The second kappa shape index (κ2) is 14.6. The summed E-state index contributed by atoms with van der Waals surface area (Å²) in [5.74, 6) is 0.0350. The summed E-state index contributed by atoms with van der Waals surface area (Å²) in [5, 5.41) is 11.9. The average molecular weight is 522 g/mol. The number of aromatic nitrogens is 2. The Morgan fingerprint density at radius 1 is 1.11 bits per heavy atom. The van der Waals surface area contributed by atoms with Crippen molar-refractivity contribution in [3.63, 3.8) is 0 Å². The molecule has 1 aromatic carbocycles. The van der Waals surface area contributed by atoms with Gasteiger partial charge < -0.3 is 16.0 Å². The van der Waals surface area contributed by atoms with Crippen molar-refractivity contribution in [3.05, 3.63) is 78.0 Å². The molecule has 0 spiro atoms. The zero-order valence-corrected chi connectivity index (χ0v) is 22.7. The molecule has 0 bridgehead atoms. The van der Waals surface area contributed by atoms with Crippen LogP contribution in [0.25, 0.3) is 20.8 Å². The van der Waals surface area contributed by atoms with E-state index < -0.39 is 0 Å². The first kappa shape index (κ1) is 27.7. The highest BCUT2D eigenvalue weighted by Crippen LogP contribution is 2.44. The van der Waals surface area contributed by atoms with Gasteiger partial charge in [-0.05, 0) is 55.3 Å². The molecule has 3 aromatic heterocycles. The minimum atomic E-state index is 0.0350. The number of thiophene rings is 1.